The Kier molecular flexibility index (Phi) is 5.67. The number of aliphatic hydroxyl groups excluding tert-OH is 1. The lowest BCUT2D eigenvalue weighted by molar-refractivity contribution is 0.271. The molecule has 0 aliphatic rings. The van der Waals surface area contributed by atoms with Gasteiger partial charge in [0.15, 0.2) is 17.0 Å². The van der Waals surface area contributed by atoms with Gasteiger partial charge >= 0.3 is 0 Å². The smallest absolute Gasteiger partial charge is 0.227 e. The number of hydrogen-bond acceptors (Lipinski definition) is 7. The minimum Gasteiger partial charge on any atom is -0.394 e. The molecule has 8 nitrogen and oxygen atoms in total. The first-order valence-electron chi connectivity index (χ1n) is 8.54. The lowest BCUT2D eigenvalue weighted by Crippen LogP contribution is -2.24. The molecule has 1 atom stereocenters. The molecule has 0 aliphatic carbocycles. The SMILES string of the molecule is CCC(CO)Nc1nc(Nc2ccc(Br)cc2)c2nnn(C(C)C)c2n1. The molecule has 0 fully saturated rings. The van der Waals surface area contributed by atoms with Gasteiger partial charge in [0.2, 0.25) is 5.95 Å². The maximum atomic E-state index is 9.47. The number of rotatable bonds is 7. The number of fused-ring (bicyclic) bond motifs is 1. The van der Waals surface area contributed by atoms with E-state index in [1.165, 1.54) is 0 Å². The number of hydrogen-bond donors (Lipinski definition) is 3. The Labute approximate surface area is 160 Å². The van der Waals surface area contributed by atoms with Gasteiger partial charge in [-0.3, -0.25) is 0 Å². The second-order valence-corrected chi connectivity index (χ2v) is 7.18. The van der Waals surface area contributed by atoms with E-state index in [0.717, 1.165) is 16.6 Å². The molecule has 26 heavy (non-hydrogen) atoms. The monoisotopic (exact) mass is 419 g/mol. The van der Waals surface area contributed by atoms with Gasteiger partial charge in [0, 0.05) is 10.2 Å². The van der Waals surface area contributed by atoms with Crippen LogP contribution >= 0.6 is 15.9 Å². The van der Waals surface area contributed by atoms with E-state index in [1.54, 1.807) is 4.68 Å². The average molecular weight is 420 g/mol. The van der Waals surface area contributed by atoms with Gasteiger partial charge in [-0.2, -0.15) is 9.97 Å². The predicted molar refractivity (Wildman–Crippen MR) is 106 cm³/mol. The molecule has 2 heterocycles. The Hall–Kier alpha value is -2.26. The second kappa shape index (κ2) is 7.96. The van der Waals surface area contributed by atoms with Crippen LogP contribution in [0, 0.1) is 0 Å². The zero-order chi connectivity index (χ0) is 18.7. The summed E-state index contributed by atoms with van der Waals surface area (Å²) in [6.45, 7) is 6.05. The quantitative estimate of drug-likeness (QED) is 0.538. The summed E-state index contributed by atoms with van der Waals surface area (Å²) in [5.74, 6) is 1.00. The van der Waals surface area contributed by atoms with Crippen molar-refractivity contribution in [3.63, 3.8) is 0 Å². The Balaban J connectivity index is 2.05. The van der Waals surface area contributed by atoms with E-state index >= 15 is 0 Å². The largest absolute Gasteiger partial charge is 0.394 e. The fourth-order valence-electron chi connectivity index (χ4n) is 2.46. The maximum absolute atomic E-state index is 9.47. The van der Waals surface area contributed by atoms with E-state index in [1.807, 2.05) is 45.0 Å². The van der Waals surface area contributed by atoms with Crippen molar-refractivity contribution in [2.24, 2.45) is 0 Å². The summed E-state index contributed by atoms with van der Waals surface area (Å²) in [4.78, 5) is 9.12. The predicted octanol–water partition coefficient (Wildman–Crippen LogP) is 3.49. The first-order chi connectivity index (χ1) is 12.5. The van der Waals surface area contributed by atoms with Crippen LogP contribution in [0.3, 0.4) is 0 Å². The topological polar surface area (TPSA) is 101 Å². The molecule has 0 radical (unpaired) electrons. The number of benzene rings is 1. The van der Waals surface area contributed by atoms with Gasteiger partial charge < -0.3 is 15.7 Å². The fraction of sp³-hybridized carbons (Fsp3) is 0.412. The Morgan fingerprint density at radius 1 is 1.19 bits per heavy atom. The van der Waals surface area contributed by atoms with Crippen molar-refractivity contribution in [2.75, 3.05) is 17.2 Å². The first-order valence-corrected chi connectivity index (χ1v) is 9.34. The third-order valence-electron chi connectivity index (χ3n) is 3.97. The van der Waals surface area contributed by atoms with Crippen LogP contribution in [-0.2, 0) is 0 Å². The van der Waals surface area contributed by atoms with Crippen LogP contribution in [0.25, 0.3) is 11.2 Å². The maximum Gasteiger partial charge on any atom is 0.227 e. The minimum absolute atomic E-state index is 0.00899. The van der Waals surface area contributed by atoms with E-state index in [-0.39, 0.29) is 18.7 Å². The van der Waals surface area contributed by atoms with Gasteiger partial charge in [0.05, 0.1) is 18.7 Å². The Morgan fingerprint density at radius 3 is 2.54 bits per heavy atom. The van der Waals surface area contributed by atoms with Crippen molar-refractivity contribution in [2.45, 2.75) is 39.3 Å². The Morgan fingerprint density at radius 2 is 1.92 bits per heavy atom. The molecule has 0 bridgehead atoms. The number of aromatic nitrogens is 5. The molecule has 9 heteroatoms. The number of nitrogens with zero attached hydrogens (tertiary/aromatic N) is 5. The Bertz CT molecular complexity index is 875. The van der Waals surface area contributed by atoms with Crippen LogP contribution in [0.1, 0.15) is 33.2 Å². The molecule has 3 N–H and O–H groups in total. The summed E-state index contributed by atoms with van der Waals surface area (Å²) in [6, 6.07) is 7.79. The van der Waals surface area contributed by atoms with Crippen molar-refractivity contribution in [1.82, 2.24) is 25.0 Å². The number of anilines is 3. The molecule has 1 unspecified atom stereocenters. The lowest BCUT2D eigenvalue weighted by Gasteiger charge is -2.15. The highest BCUT2D eigenvalue weighted by Crippen LogP contribution is 2.26. The number of aliphatic hydroxyl groups is 1. The van der Waals surface area contributed by atoms with E-state index in [0.29, 0.717) is 22.9 Å². The highest BCUT2D eigenvalue weighted by Gasteiger charge is 2.17. The first kappa shape index (κ1) is 18.5. The summed E-state index contributed by atoms with van der Waals surface area (Å²) in [7, 11) is 0. The summed E-state index contributed by atoms with van der Waals surface area (Å²) >= 11 is 3.43. The summed E-state index contributed by atoms with van der Waals surface area (Å²) in [6.07, 6.45) is 0.759. The molecule has 0 saturated carbocycles. The van der Waals surface area contributed by atoms with Crippen molar-refractivity contribution in [3.8, 4) is 0 Å². The highest BCUT2D eigenvalue weighted by atomic mass is 79.9. The standard InChI is InChI=1S/C17H22BrN7O/c1-4-12(9-26)20-17-21-15(19-13-7-5-11(18)6-8-13)14-16(22-17)25(10(2)3)24-23-14/h5-8,10,12,26H,4,9H2,1-3H3,(H2,19,20,21,22). The number of halogens is 1. The molecule has 2 aromatic heterocycles. The van der Waals surface area contributed by atoms with E-state index in [4.69, 9.17) is 0 Å². The summed E-state index contributed by atoms with van der Waals surface area (Å²) < 4.78 is 2.76. The molecule has 0 amide bonds. The third kappa shape index (κ3) is 3.94. The van der Waals surface area contributed by atoms with Gasteiger partial charge in [-0.15, -0.1) is 5.10 Å². The lowest BCUT2D eigenvalue weighted by atomic mass is 10.2. The second-order valence-electron chi connectivity index (χ2n) is 6.26. The zero-order valence-electron chi connectivity index (χ0n) is 14.9. The van der Waals surface area contributed by atoms with Crippen molar-refractivity contribution >= 4 is 44.5 Å². The minimum atomic E-state index is -0.114. The number of nitrogens with one attached hydrogen (secondary N) is 2. The van der Waals surface area contributed by atoms with E-state index in [9.17, 15) is 5.11 Å². The van der Waals surface area contributed by atoms with Gasteiger partial charge in [0.1, 0.15) is 0 Å². The van der Waals surface area contributed by atoms with Gasteiger partial charge in [0.25, 0.3) is 0 Å². The van der Waals surface area contributed by atoms with Crippen LogP contribution in [-0.4, -0.2) is 42.7 Å². The normalized spacial score (nSPS) is 12.5. The summed E-state index contributed by atoms with van der Waals surface area (Å²) in [5, 5.41) is 24.4. The molecule has 0 aliphatic heterocycles. The van der Waals surface area contributed by atoms with Gasteiger partial charge in [-0.1, -0.05) is 28.1 Å². The molecule has 3 aromatic rings. The molecular weight excluding hydrogens is 398 g/mol. The van der Waals surface area contributed by atoms with Crippen LogP contribution in [0.2, 0.25) is 0 Å². The third-order valence-corrected chi connectivity index (χ3v) is 4.49. The van der Waals surface area contributed by atoms with E-state index < -0.39 is 0 Å². The van der Waals surface area contributed by atoms with Gasteiger partial charge in [-0.05, 0) is 44.5 Å². The summed E-state index contributed by atoms with van der Waals surface area (Å²) in [5.41, 5.74) is 2.13. The van der Waals surface area contributed by atoms with Crippen LogP contribution in [0.15, 0.2) is 28.7 Å². The van der Waals surface area contributed by atoms with Crippen molar-refractivity contribution in [3.05, 3.63) is 28.7 Å². The van der Waals surface area contributed by atoms with Crippen LogP contribution in [0.5, 0.6) is 0 Å². The van der Waals surface area contributed by atoms with Gasteiger partial charge in [-0.25, -0.2) is 4.68 Å². The molecule has 0 spiro atoms. The zero-order valence-corrected chi connectivity index (χ0v) is 16.5. The highest BCUT2D eigenvalue weighted by molar-refractivity contribution is 9.10. The average Bonchev–Trinajstić information content (AvgIpc) is 3.06. The molecular formula is C17H22BrN7O. The van der Waals surface area contributed by atoms with Crippen LogP contribution in [0.4, 0.5) is 17.5 Å². The molecule has 138 valence electrons. The molecule has 3 rings (SSSR count). The van der Waals surface area contributed by atoms with E-state index in [2.05, 4.69) is 46.8 Å². The van der Waals surface area contributed by atoms with Crippen molar-refractivity contribution in [1.29, 1.82) is 0 Å². The van der Waals surface area contributed by atoms with Crippen LogP contribution < -0.4 is 10.6 Å². The molecule has 1 aromatic carbocycles. The van der Waals surface area contributed by atoms with Crippen molar-refractivity contribution < 1.29 is 5.11 Å². The molecule has 0 saturated heterocycles. The fourth-order valence-corrected chi connectivity index (χ4v) is 2.72.